The highest BCUT2D eigenvalue weighted by Crippen LogP contribution is 2.28. The molecule has 3 nitrogen and oxygen atoms in total. The summed E-state index contributed by atoms with van der Waals surface area (Å²) in [5, 5.41) is 0.884. The smallest absolute Gasteiger partial charge is 0.344 e. The number of rotatable bonds is 9. The lowest BCUT2D eigenvalue weighted by molar-refractivity contribution is 0.363. The van der Waals surface area contributed by atoms with Crippen molar-refractivity contribution in [3.05, 3.63) is 76.7 Å². The van der Waals surface area contributed by atoms with E-state index in [9.17, 15) is 4.79 Å². The molecule has 0 bridgehead atoms. The van der Waals surface area contributed by atoms with E-state index in [1.807, 2.05) is 18.2 Å². The predicted octanol–water partition coefficient (Wildman–Crippen LogP) is 6.32. The van der Waals surface area contributed by atoms with E-state index in [0.717, 1.165) is 23.8 Å². The molecule has 0 spiro atoms. The van der Waals surface area contributed by atoms with Gasteiger partial charge in [0.2, 0.25) is 0 Å². The molecule has 0 radical (unpaired) electrons. The zero-order valence-electron chi connectivity index (χ0n) is 16.8. The highest BCUT2D eigenvalue weighted by Gasteiger charge is 2.12. The molecule has 0 atom stereocenters. The van der Waals surface area contributed by atoms with Gasteiger partial charge in [0.1, 0.15) is 17.9 Å². The van der Waals surface area contributed by atoms with Crippen molar-refractivity contribution in [1.82, 2.24) is 0 Å². The van der Waals surface area contributed by atoms with Crippen molar-refractivity contribution in [3.63, 3.8) is 0 Å². The Labute approximate surface area is 166 Å². The molecule has 0 fully saturated rings. The zero-order chi connectivity index (χ0) is 19.9. The van der Waals surface area contributed by atoms with E-state index in [0.29, 0.717) is 23.5 Å². The predicted molar refractivity (Wildman–Crippen MR) is 116 cm³/mol. The quantitative estimate of drug-likeness (QED) is 0.249. The van der Waals surface area contributed by atoms with Crippen LogP contribution in [0, 0.1) is 0 Å². The second kappa shape index (κ2) is 9.41. The molecule has 3 aromatic rings. The Hall–Kier alpha value is -2.81. The van der Waals surface area contributed by atoms with Crippen molar-refractivity contribution in [3.8, 4) is 16.9 Å². The minimum absolute atomic E-state index is 0.318. The van der Waals surface area contributed by atoms with Gasteiger partial charge < -0.3 is 9.15 Å². The molecule has 0 saturated heterocycles. The standard InChI is InChI=1S/C25H28O3/c1-4-7-8-9-18-10-13-22(19(6-3)15-18)23-16-20-11-12-21(27-14-5-2)17-24(20)28-25(23)26/h5,10-13,15-17H,2,4,6-9,14H2,1,3H3. The average Bonchev–Trinajstić information content (AvgIpc) is 2.71. The Morgan fingerprint density at radius 1 is 1.04 bits per heavy atom. The fourth-order valence-corrected chi connectivity index (χ4v) is 3.46. The number of hydrogen-bond donors (Lipinski definition) is 0. The first-order valence-electron chi connectivity index (χ1n) is 10.1. The fourth-order valence-electron chi connectivity index (χ4n) is 3.46. The maximum absolute atomic E-state index is 12.7. The Kier molecular flexibility index (Phi) is 6.70. The van der Waals surface area contributed by atoms with Crippen LogP contribution >= 0.6 is 0 Å². The number of benzene rings is 2. The van der Waals surface area contributed by atoms with E-state index in [2.05, 4.69) is 38.6 Å². The lowest BCUT2D eigenvalue weighted by atomic mass is 9.94. The van der Waals surface area contributed by atoms with Crippen molar-refractivity contribution in [2.24, 2.45) is 0 Å². The highest BCUT2D eigenvalue weighted by atomic mass is 16.5. The molecule has 0 saturated carbocycles. The molecule has 2 aromatic carbocycles. The number of aryl methyl sites for hydroxylation is 2. The third kappa shape index (κ3) is 4.53. The molecule has 0 amide bonds. The minimum Gasteiger partial charge on any atom is -0.489 e. The summed E-state index contributed by atoms with van der Waals surface area (Å²) in [6, 6.07) is 13.9. The van der Waals surface area contributed by atoms with Gasteiger partial charge in [0.05, 0.1) is 5.56 Å². The number of ether oxygens (including phenoxy) is 1. The first kappa shape index (κ1) is 19.9. The van der Waals surface area contributed by atoms with Crippen molar-refractivity contribution in [2.45, 2.75) is 46.0 Å². The lowest BCUT2D eigenvalue weighted by Gasteiger charge is -2.11. The van der Waals surface area contributed by atoms with E-state index in [4.69, 9.17) is 9.15 Å². The topological polar surface area (TPSA) is 39.4 Å². The molecule has 0 unspecified atom stereocenters. The molecule has 0 aliphatic rings. The summed E-state index contributed by atoms with van der Waals surface area (Å²) in [5.74, 6) is 0.661. The summed E-state index contributed by atoms with van der Waals surface area (Å²) < 4.78 is 11.1. The first-order chi connectivity index (χ1) is 13.7. The van der Waals surface area contributed by atoms with Crippen molar-refractivity contribution < 1.29 is 9.15 Å². The third-order valence-corrected chi connectivity index (χ3v) is 4.99. The summed E-state index contributed by atoms with van der Waals surface area (Å²) >= 11 is 0. The van der Waals surface area contributed by atoms with E-state index < -0.39 is 0 Å². The van der Waals surface area contributed by atoms with Gasteiger partial charge in [0.25, 0.3) is 0 Å². The van der Waals surface area contributed by atoms with Gasteiger partial charge >= 0.3 is 5.63 Å². The highest BCUT2D eigenvalue weighted by molar-refractivity contribution is 5.83. The van der Waals surface area contributed by atoms with E-state index in [1.54, 1.807) is 12.1 Å². The van der Waals surface area contributed by atoms with E-state index in [1.165, 1.54) is 30.4 Å². The van der Waals surface area contributed by atoms with E-state index >= 15 is 0 Å². The lowest BCUT2D eigenvalue weighted by Crippen LogP contribution is -2.05. The SMILES string of the molecule is C=CCOc1ccc2cc(-c3ccc(CCCCC)cc3CC)c(=O)oc2c1. The van der Waals surface area contributed by atoms with Gasteiger partial charge in [0, 0.05) is 11.5 Å². The second-order valence-electron chi connectivity index (χ2n) is 7.05. The van der Waals surface area contributed by atoms with Crippen LogP contribution in [0.4, 0.5) is 0 Å². The number of unbranched alkanes of at least 4 members (excludes halogenated alkanes) is 2. The Bertz CT molecular complexity index is 1010. The van der Waals surface area contributed by atoms with Crippen LogP contribution in [0.1, 0.15) is 44.2 Å². The minimum atomic E-state index is -0.318. The summed E-state index contributed by atoms with van der Waals surface area (Å²) in [7, 11) is 0. The van der Waals surface area contributed by atoms with Gasteiger partial charge in [-0.25, -0.2) is 4.79 Å². The average molecular weight is 376 g/mol. The first-order valence-corrected chi connectivity index (χ1v) is 10.1. The van der Waals surface area contributed by atoms with Crippen LogP contribution in [0.25, 0.3) is 22.1 Å². The molecule has 0 aliphatic carbocycles. The van der Waals surface area contributed by atoms with Crippen molar-refractivity contribution >= 4 is 11.0 Å². The monoisotopic (exact) mass is 376 g/mol. The molecular weight excluding hydrogens is 348 g/mol. The summed E-state index contributed by atoms with van der Waals surface area (Å²) in [5.41, 5.74) is 4.31. The third-order valence-electron chi connectivity index (χ3n) is 4.99. The molecule has 3 heteroatoms. The molecule has 146 valence electrons. The fraction of sp³-hybridized carbons (Fsp3) is 0.320. The molecule has 1 heterocycles. The van der Waals surface area contributed by atoms with Gasteiger partial charge in [-0.15, -0.1) is 0 Å². The molecule has 0 N–H and O–H groups in total. The maximum Gasteiger partial charge on any atom is 0.344 e. The van der Waals surface area contributed by atoms with Crippen LogP contribution in [-0.4, -0.2) is 6.61 Å². The largest absolute Gasteiger partial charge is 0.489 e. The van der Waals surface area contributed by atoms with Crippen LogP contribution in [0.3, 0.4) is 0 Å². The number of hydrogen-bond acceptors (Lipinski definition) is 3. The van der Waals surface area contributed by atoms with Gasteiger partial charge in [-0.05, 0) is 54.2 Å². The maximum atomic E-state index is 12.7. The summed E-state index contributed by atoms with van der Waals surface area (Å²) in [6.45, 7) is 8.40. The van der Waals surface area contributed by atoms with Crippen LogP contribution in [0.2, 0.25) is 0 Å². The number of fused-ring (bicyclic) bond motifs is 1. The van der Waals surface area contributed by atoms with Crippen LogP contribution in [-0.2, 0) is 12.8 Å². The Morgan fingerprint density at radius 2 is 1.89 bits per heavy atom. The van der Waals surface area contributed by atoms with Gasteiger partial charge in [0.15, 0.2) is 0 Å². The van der Waals surface area contributed by atoms with Crippen LogP contribution in [0.5, 0.6) is 5.75 Å². The Balaban J connectivity index is 1.97. The summed E-state index contributed by atoms with van der Waals surface area (Å²) in [6.07, 6.45) is 7.31. The van der Waals surface area contributed by atoms with Gasteiger partial charge in [-0.1, -0.05) is 57.5 Å². The molecule has 1 aromatic heterocycles. The normalized spacial score (nSPS) is 10.9. The van der Waals surface area contributed by atoms with Gasteiger partial charge in [-0.3, -0.25) is 0 Å². The van der Waals surface area contributed by atoms with E-state index in [-0.39, 0.29) is 5.63 Å². The van der Waals surface area contributed by atoms with Gasteiger partial charge in [-0.2, -0.15) is 0 Å². The Morgan fingerprint density at radius 3 is 2.64 bits per heavy atom. The van der Waals surface area contributed by atoms with Crippen molar-refractivity contribution in [1.29, 1.82) is 0 Å². The van der Waals surface area contributed by atoms with Crippen molar-refractivity contribution in [2.75, 3.05) is 6.61 Å². The zero-order valence-corrected chi connectivity index (χ0v) is 16.8. The van der Waals surface area contributed by atoms with Crippen LogP contribution < -0.4 is 10.4 Å². The molecular formula is C25H28O3. The van der Waals surface area contributed by atoms with Crippen LogP contribution in [0.15, 0.2) is 64.3 Å². The molecule has 3 rings (SSSR count). The molecule has 28 heavy (non-hydrogen) atoms. The summed E-state index contributed by atoms with van der Waals surface area (Å²) in [4.78, 5) is 12.7. The second-order valence-corrected chi connectivity index (χ2v) is 7.05. The molecule has 0 aliphatic heterocycles.